The predicted molar refractivity (Wildman–Crippen MR) is 91.4 cm³/mol. The second-order valence-electron chi connectivity index (χ2n) is 4.53. The first-order valence-corrected chi connectivity index (χ1v) is 7.95. The lowest BCUT2D eigenvalue weighted by Gasteiger charge is -2.18. The quantitative estimate of drug-likeness (QED) is 0.641. The van der Waals surface area contributed by atoms with E-state index in [2.05, 4.69) is 15.9 Å². The van der Waals surface area contributed by atoms with Crippen molar-refractivity contribution in [3.05, 3.63) is 67.1 Å². The maximum Gasteiger partial charge on any atom is 0.253 e. The maximum atomic E-state index is 12.4. The summed E-state index contributed by atoms with van der Waals surface area (Å²) in [5.74, 6) is -0.129. The van der Waals surface area contributed by atoms with E-state index in [0.29, 0.717) is 27.2 Å². The van der Waals surface area contributed by atoms with Crippen molar-refractivity contribution in [1.29, 1.82) is 0 Å². The highest BCUT2D eigenvalue weighted by Gasteiger charge is 2.14. The highest BCUT2D eigenvalue weighted by Crippen LogP contribution is 2.25. The van der Waals surface area contributed by atoms with Gasteiger partial charge < -0.3 is 4.90 Å². The van der Waals surface area contributed by atoms with E-state index in [1.807, 2.05) is 6.07 Å². The van der Waals surface area contributed by atoms with Crippen molar-refractivity contribution >= 4 is 56.6 Å². The number of amides is 1. The average Bonchev–Trinajstić information content (AvgIpc) is 2.44. The Bertz CT molecular complexity index is 691. The smallest absolute Gasteiger partial charge is 0.253 e. The molecule has 21 heavy (non-hydrogen) atoms. The lowest BCUT2D eigenvalue weighted by Crippen LogP contribution is -2.26. The molecule has 0 heterocycles. The second kappa shape index (κ2) is 7.01. The molecule has 0 aliphatic rings. The summed E-state index contributed by atoms with van der Waals surface area (Å²) in [6, 6.07) is 10.3. The number of halogens is 4. The Morgan fingerprint density at radius 1 is 1.10 bits per heavy atom. The highest BCUT2D eigenvalue weighted by molar-refractivity contribution is 9.10. The van der Waals surface area contributed by atoms with Crippen LogP contribution in [-0.4, -0.2) is 17.9 Å². The number of hydrogen-bond donors (Lipinski definition) is 0. The molecule has 0 aliphatic heterocycles. The molecular weight excluding hydrogens is 396 g/mol. The van der Waals surface area contributed by atoms with Crippen LogP contribution in [0.4, 0.5) is 0 Å². The van der Waals surface area contributed by atoms with Gasteiger partial charge in [-0.2, -0.15) is 0 Å². The zero-order valence-corrected chi connectivity index (χ0v) is 14.9. The van der Waals surface area contributed by atoms with Gasteiger partial charge in [0.25, 0.3) is 5.91 Å². The molecule has 0 aromatic heterocycles. The maximum absolute atomic E-state index is 12.4. The molecule has 2 aromatic carbocycles. The van der Waals surface area contributed by atoms with Crippen LogP contribution < -0.4 is 0 Å². The Balaban J connectivity index is 2.17. The third-order valence-corrected chi connectivity index (χ3v) is 4.76. The van der Waals surface area contributed by atoms with Crippen molar-refractivity contribution in [3.8, 4) is 0 Å². The Kier molecular flexibility index (Phi) is 5.55. The summed E-state index contributed by atoms with van der Waals surface area (Å²) in [7, 11) is 1.71. The van der Waals surface area contributed by atoms with E-state index in [-0.39, 0.29) is 5.91 Å². The molecule has 0 saturated carbocycles. The van der Waals surface area contributed by atoms with Crippen molar-refractivity contribution in [2.24, 2.45) is 0 Å². The molecule has 0 saturated heterocycles. The van der Waals surface area contributed by atoms with Gasteiger partial charge in [-0.3, -0.25) is 4.79 Å². The highest BCUT2D eigenvalue weighted by atomic mass is 79.9. The standard InChI is InChI=1S/C15H11BrCl3NO/c1-20(8-10-2-4-11(17)7-13(10)18)15(21)9-3-5-12(16)14(19)6-9/h2-7H,8H2,1H3. The summed E-state index contributed by atoms with van der Waals surface area (Å²) in [6.07, 6.45) is 0. The molecule has 2 aromatic rings. The fourth-order valence-corrected chi connectivity index (χ4v) is 2.72. The number of carbonyl (C=O) groups excluding carboxylic acids is 1. The fourth-order valence-electron chi connectivity index (χ4n) is 1.83. The van der Waals surface area contributed by atoms with Gasteiger partial charge in [0, 0.05) is 33.7 Å². The van der Waals surface area contributed by atoms with E-state index in [0.717, 1.165) is 10.0 Å². The summed E-state index contributed by atoms with van der Waals surface area (Å²) < 4.78 is 0.754. The van der Waals surface area contributed by atoms with E-state index < -0.39 is 0 Å². The third kappa shape index (κ3) is 4.13. The van der Waals surface area contributed by atoms with Gasteiger partial charge in [-0.05, 0) is 51.8 Å². The van der Waals surface area contributed by atoms with Gasteiger partial charge in [0.1, 0.15) is 0 Å². The Hall–Kier alpha value is -0.740. The molecule has 0 radical (unpaired) electrons. The number of benzene rings is 2. The summed E-state index contributed by atoms with van der Waals surface area (Å²) in [6.45, 7) is 0.391. The minimum absolute atomic E-state index is 0.129. The van der Waals surface area contributed by atoms with Gasteiger partial charge in [-0.1, -0.05) is 40.9 Å². The minimum Gasteiger partial charge on any atom is -0.337 e. The Morgan fingerprint density at radius 3 is 2.43 bits per heavy atom. The third-order valence-electron chi connectivity index (χ3n) is 2.94. The number of nitrogens with zero attached hydrogens (tertiary/aromatic N) is 1. The second-order valence-corrected chi connectivity index (χ2v) is 6.63. The summed E-state index contributed by atoms with van der Waals surface area (Å²) in [4.78, 5) is 14.0. The average molecular weight is 408 g/mol. The number of hydrogen-bond acceptors (Lipinski definition) is 1. The zero-order chi connectivity index (χ0) is 15.6. The molecule has 0 bridgehead atoms. The van der Waals surface area contributed by atoms with Crippen molar-refractivity contribution < 1.29 is 4.79 Å². The lowest BCUT2D eigenvalue weighted by molar-refractivity contribution is 0.0785. The molecule has 0 atom stereocenters. The molecule has 0 N–H and O–H groups in total. The Morgan fingerprint density at radius 2 is 1.81 bits per heavy atom. The fraction of sp³-hybridized carbons (Fsp3) is 0.133. The van der Waals surface area contributed by atoms with Crippen LogP contribution in [0.5, 0.6) is 0 Å². The first kappa shape index (κ1) is 16.6. The van der Waals surface area contributed by atoms with Crippen LogP contribution in [0.1, 0.15) is 15.9 Å². The van der Waals surface area contributed by atoms with Crippen molar-refractivity contribution in [3.63, 3.8) is 0 Å². The van der Waals surface area contributed by atoms with Crippen molar-refractivity contribution in [2.45, 2.75) is 6.54 Å². The van der Waals surface area contributed by atoms with E-state index in [1.54, 1.807) is 42.3 Å². The van der Waals surface area contributed by atoms with E-state index in [4.69, 9.17) is 34.8 Å². The molecule has 2 rings (SSSR count). The van der Waals surface area contributed by atoms with E-state index in [1.165, 1.54) is 0 Å². The van der Waals surface area contributed by atoms with Gasteiger partial charge >= 0.3 is 0 Å². The summed E-state index contributed by atoms with van der Waals surface area (Å²) in [5, 5.41) is 1.60. The van der Waals surface area contributed by atoms with Gasteiger partial charge in [0.05, 0.1) is 5.02 Å². The molecular formula is C15H11BrCl3NO. The topological polar surface area (TPSA) is 20.3 Å². The zero-order valence-electron chi connectivity index (χ0n) is 11.0. The molecule has 110 valence electrons. The normalized spacial score (nSPS) is 10.5. The van der Waals surface area contributed by atoms with Crippen molar-refractivity contribution in [1.82, 2.24) is 4.90 Å². The molecule has 6 heteroatoms. The monoisotopic (exact) mass is 405 g/mol. The molecule has 0 unspecified atom stereocenters. The summed E-state index contributed by atoms with van der Waals surface area (Å²) >= 11 is 21.3. The molecule has 0 fully saturated rings. The largest absolute Gasteiger partial charge is 0.337 e. The van der Waals surface area contributed by atoms with Gasteiger partial charge in [-0.15, -0.1) is 0 Å². The predicted octanol–water partition coefficient (Wildman–Crippen LogP) is 5.68. The van der Waals surface area contributed by atoms with Gasteiger partial charge in [0.15, 0.2) is 0 Å². The molecule has 0 spiro atoms. The summed E-state index contributed by atoms with van der Waals surface area (Å²) in [5.41, 5.74) is 1.36. The Labute approximate surface area is 146 Å². The molecule has 0 aliphatic carbocycles. The van der Waals surface area contributed by atoms with Crippen molar-refractivity contribution in [2.75, 3.05) is 7.05 Å². The van der Waals surface area contributed by atoms with Crippen LogP contribution >= 0.6 is 50.7 Å². The van der Waals surface area contributed by atoms with E-state index in [9.17, 15) is 4.79 Å². The first-order valence-electron chi connectivity index (χ1n) is 6.03. The van der Waals surface area contributed by atoms with Crippen LogP contribution in [-0.2, 0) is 6.54 Å². The van der Waals surface area contributed by atoms with Crippen LogP contribution in [0.15, 0.2) is 40.9 Å². The SMILES string of the molecule is CN(Cc1ccc(Cl)cc1Cl)C(=O)c1ccc(Br)c(Cl)c1. The molecule has 1 amide bonds. The van der Waals surface area contributed by atoms with Crippen LogP contribution in [0.2, 0.25) is 15.1 Å². The minimum atomic E-state index is -0.129. The first-order chi connectivity index (χ1) is 9.88. The van der Waals surface area contributed by atoms with Crippen LogP contribution in [0, 0.1) is 0 Å². The van der Waals surface area contributed by atoms with Gasteiger partial charge in [-0.25, -0.2) is 0 Å². The van der Waals surface area contributed by atoms with Gasteiger partial charge in [0.2, 0.25) is 0 Å². The lowest BCUT2D eigenvalue weighted by atomic mass is 10.1. The number of carbonyl (C=O) groups is 1. The van der Waals surface area contributed by atoms with E-state index >= 15 is 0 Å². The van der Waals surface area contributed by atoms with Crippen LogP contribution in [0.25, 0.3) is 0 Å². The molecule has 2 nitrogen and oxygen atoms in total. The number of rotatable bonds is 3. The van der Waals surface area contributed by atoms with Crippen LogP contribution in [0.3, 0.4) is 0 Å².